The second kappa shape index (κ2) is 8.76. The minimum atomic E-state index is -0.362. The van der Waals surface area contributed by atoms with Crippen LogP contribution in [0.1, 0.15) is 18.4 Å². The summed E-state index contributed by atoms with van der Waals surface area (Å²) in [5.41, 5.74) is 3.23. The fourth-order valence-electron chi connectivity index (χ4n) is 4.50. The third-order valence-corrected chi connectivity index (χ3v) is 6.65. The van der Waals surface area contributed by atoms with E-state index in [1.165, 1.54) is 11.3 Å². The van der Waals surface area contributed by atoms with Gasteiger partial charge in [0.25, 0.3) is 0 Å². The van der Waals surface area contributed by atoms with Gasteiger partial charge in [-0.25, -0.2) is 4.79 Å². The Kier molecular flexibility index (Phi) is 6.11. The molecule has 2 atom stereocenters. The van der Waals surface area contributed by atoms with Crippen molar-refractivity contribution in [2.75, 3.05) is 37.4 Å². The van der Waals surface area contributed by atoms with Gasteiger partial charge in [-0.3, -0.25) is 10.2 Å². The number of hydrogen-bond donors (Lipinski definition) is 1. The van der Waals surface area contributed by atoms with Crippen LogP contribution in [0.3, 0.4) is 0 Å². The molecule has 0 spiro atoms. The van der Waals surface area contributed by atoms with Gasteiger partial charge in [-0.1, -0.05) is 28.1 Å². The molecule has 2 bridgehead atoms. The second-order valence-electron chi connectivity index (χ2n) is 8.21. The quantitative estimate of drug-likeness (QED) is 0.701. The van der Waals surface area contributed by atoms with Gasteiger partial charge in [0.1, 0.15) is 6.10 Å². The van der Waals surface area contributed by atoms with Crippen molar-refractivity contribution < 1.29 is 9.53 Å². The van der Waals surface area contributed by atoms with Crippen LogP contribution in [0.4, 0.5) is 16.2 Å². The van der Waals surface area contributed by atoms with Gasteiger partial charge in [0.15, 0.2) is 0 Å². The van der Waals surface area contributed by atoms with Crippen molar-refractivity contribution in [1.82, 2.24) is 4.90 Å². The molecule has 3 aliphatic heterocycles. The van der Waals surface area contributed by atoms with Crippen molar-refractivity contribution in [3.8, 4) is 0 Å². The summed E-state index contributed by atoms with van der Waals surface area (Å²) in [7, 11) is 4.10. The van der Waals surface area contributed by atoms with Crippen molar-refractivity contribution in [2.45, 2.75) is 31.4 Å². The summed E-state index contributed by atoms with van der Waals surface area (Å²) in [6.45, 7) is 2.19. The lowest BCUT2D eigenvalue weighted by atomic mass is 9.78. The number of nitrogens with one attached hydrogen (secondary N) is 1. The molecule has 2 aromatic carbocycles. The highest BCUT2D eigenvalue weighted by atomic mass is 79.9. The van der Waals surface area contributed by atoms with Gasteiger partial charge < -0.3 is 9.64 Å². The first-order valence-electron chi connectivity index (χ1n) is 10.2. The first-order chi connectivity index (χ1) is 14.0. The molecular formula is C23H28BrN3O2. The summed E-state index contributed by atoms with van der Waals surface area (Å²) in [6, 6.07) is 16.5. The lowest BCUT2D eigenvalue weighted by molar-refractivity contribution is -0.0741. The van der Waals surface area contributed by atoms with Crippen LogP contribution >= 0.6 is 15.9 Å². The summed E-state index contributed by atoms with van der Waals surface area (Å²) in [5, 5.41) is 2.87. The van der Waals surface area contributed by atoms with Crippen molar-refractivity contribution in [1.29, 1.82) is 0 Å². The van der Waals surface area contributed by atoms with E-state index in [4.69, 9.17) is 4.74 Å². The minimum absolute atomic E-state index is 0.0681. The Morgan fingerprint density at radius 3 is 2.38 bits per heavy atom. The molecule has 0 saturated carbocycles. The standard InChI is InChI=1S/C23H28BrN3O2/c1-26(2)20-9-3-16(4-10-20)15-21-22(17-11-13-27(21)14-12-17)29-23(28)25-19-7-5-18(24)6-8-19/h3-10,17,21-22H,11-15H2,1-2H3,(H,25,28). The molecule has 2 aromatic rings. The Labute approximate surface area is 181 Å². The average Bonchev–Trinajstić information content (AvgIpc) is 2.72. The maximum absolute atomic E-state index is 12.6. The van der Waals surface area contributed by atoms with Crippen molar-refractivity contribution in [2.24, 2.45) is 5.92 Å². The Morgan fingerprint density at radius 2 is 1.76 bits per heavy atom. The average molecular weight is 458 g/mol. The highest BCUT2D eigenvalue weighted by Crippen LogP contribution is 2.36. The van der Waals surface area contributed by atoms with Crippen LogP contribution in [0.2, 0.25) is 0 Å². The lowest BCUT2D eigenvalue weighted by Crippen LogP contribution is -2.60. The Hall–Kier alpha value is -2.05. The van der Waals surface area contributed by atoms with Crippen LogP contribution in [0, 0.1) is 5.92 Å². The number of anilines is 2. The number of benzene rings is 2. The van der Waals surface area contributed by atoms with E-state index in [-0.39, 0.29) is 18.2 Å². The van der Waals surface area contributed by atoms with Gasteiger partial charge in [-0.2, -0.15) is 0 Å². The first-order valence-corrected chi connectivity index (χ1v) is 11.0. The van der Waals surface area contributed by atoms with E-state index < -0.39 is 0 Å². The molecule has 3 heterocycles. The molecule has 3 aliphatic rings. The molecule has 6 heteroatoms. The number of carbonyl (C=O) groups is 1. The van der Waals surface area contributed by atoms with Crippen LogP contribution in [0.5, 0.6) is 0 Å². The summed E-state index contributed by atoms with van der Waals surface area (Å²) in [5.74, 6) is 0.446. The van der Waals surface area contributed by atoms with E-state index in [2.05, 4.69) is 69.4 Å². The fourth-order valence-corrected chi connectivity index (χ4v) is 4.76. The topological polar surface area (TPSA) is 44.8 Å². The maximum Gasteiger partial charge on any atom is 0.411 e. The number of nitrogens with zero attached hydrogens (tertiary/aromatic N) is 2. The minimum Gasteiger partial charge on any atom is -0.444 e. The molecule has 154 valence electrons. The zero-order valence-electron chi connectivity index (χ0n) is 17.0. The predicted molar refractivity (Wildman–Crippen MR) is 121 cm³/mol. The molecule has 0 aliphatic carbocycles. The zero-order valence-corrected chi connectivity index (χ0v) is 18.6. The fraction of sp³-hybridized carbons (Fsp3) is 0.435. The van der Waals surface area contributed by atoms with Crippen LogP contribution < -0.4 is 10.2 Å². The number of halogens is 1. The van der Waals surface area contributed by atoms with Gasteiger partial charge in [-0.05, 0) is 74.3 Å². The van der Waals surface area contributed by atoms with Gasteiger partial charge in [0.05, 0.1) is 6.04 Å². The molecule has 0 radical (unpaired) electrons. The molecular weight excluding hydrogens is 430 g/mol. The number of ether oxygens (including phenoxy) is 1. The first kappa shape index (κ1) is 20.2. The molecule has 29 heavy (non-hydrogen) atoms. The van der Waals surface area contributed by atoms with Gasteiger partial charge in [-0.15, -0.1) is 0 Å². The smallest absolute Gasteiger partial charge is 0.411 e. The zero-order chi connectivity index (χ0) is 20.4. The highest BCUT2D eigenvalue weighted by molar-refractivity contribution is 9.10. The largest absolute Gasteiger partial charge is 0.444 e. The van der Waals surface area contributed by atoms with E-state index in [0.29, 0.717) is 5.92 Å². The van der Waals surface area contributed by atoms with E-state index in [1.54, 1.807) is 0 Å². The molecule has 3 fully saturated rings. The number of piperidine rings is 3. The van der Waals surface area contributed by atoms with E-state index in [0.717, 1.165) is 42.5 Å². The highest BCUT2D eigenvalue weighted by Gasteiger charge is 2.44. The van der Waals surface area contributed by atoms with Crippen molar-refractivity contribution in [3.63, 3.8) is 0 Å². The van der Waals surface area contributed by atoms with Crippen LogP contribution in [0.25, 0.3) is 0 Å². The normalized spacial score (nSPS) is 25.5. The third kappa shape index (κ3) is 4.75. The monoisotopic (exact) mass is 457 g/mol. The number of fused-ring (bicyclic) bond motifs is 3. The lowest BCUT2D eigenvalue weighted by Gasteiger charge is -2.50. The van der Waals surface area contributed by atoms with Gasteiger partial charge in [0.2, 0.25) is 0 Å². The molecule has 5 nitrogen and oxygen atoms in total. The SMILES string of the molecule is CN(C)c1ccc(CC2C(OC(=O)Nc3ccc(Br)cc3)C3CCN2CC3)cc1. The number of carbonyl (C=O) groups excluding carboxylic acids is 1. The number of hydrogen-bond acceptors (Lipinski definition) is 4. The van der Waals surface area contributed by atoms with Crippen molar-refractivity contribution in [3.05, 3.63) is 58.6 Å². The van der Waals surface area contributed by atoms with Crippen LogP contribution in [-0.4, -0.2) is 50.3 Å². The number of rotatable bonds is 5. The van der Waals surface area contributed by atoms with Gasteiger partial charge in [0, 0.05) is 35.9 Å². The molecule has 5 rings (SSSR count). The molecule has 2 unspecified atom stereocenters. The molecule has 0 aromatic heterocycles. The molecule has 3 saturated heterocycles. The Morgan fingerprint density at radius 1 is 1.10 bits per heavy atom. The maximum atomic E-state index is 12.6. The summed E-state index contributed by atoms with van der Waals surface area (Å²) in [6.07, 6.45) is 2.68. The predicted octanol–water partition coefficient (Wildman–Crippen LogP) is 4.77. The summed E-state index contributed by atoms with van der Waals surface area (Å²) >= 11 is 3.41. The molecule has 1 amide bonds. The van der Waals surface area contributed by atoms with Crippen LogP contribution in [0.15, 0.2) is 53.0 Å². The summed E-state index contributed by atoms with van der Waals surface area (Å²) in [4.78, 5) is 17.2. The summed E-state index contributed by atoms with van der Waals surface area (Å²) < 4.78 is 6.98. The van der Waals surface area contributed by atoms with E-state index >= 15 is 0 Å². The van der Waals surface area contributed by atoms with Crippen molar-refractivity contribution >= 4 is 33.4 Å². The Bertz CT molecular complexity index is 830. The van der Waals surface area contributed by atoms with E-state index in [1.807, 2.05) is 24.3 Å². The second-order valence-corrected chi connectivity index (χ2v) is 9.12. The molecule has 1 N–H and O–H groups in total. The number of amides is 1. The Balaban J connectivity index is 1.44. The van der Waals surface area contributed by atoms with Gasteiger partial charge >= 0.3 is 6.09 Å². The van der Waals surface area contributed by atoms with E-state index in [9.17, 15) is 4.79 Å². The van der Waals surface area contributed by atoms with Crippen LogP contribution in [-0.2, 0) is 11.2 Å². The third-order valence-electron chi connectivity index (χ3n) is 6.12.